The van der Waals surface area contributed by atoms with Crippen LogP contribution in [-0.4, -0.2) is 37.3 Å². The zero-order valence-electron chi connectivity index (χ0n) is 10.4. The molecule has 98 valence electrons. The highest BCUT2D eigenvalue weighted by Gasteiger charge is 2.14. The smallest absolute Gasteiger partial charge is 0.333 e. The summed E-state index contributed by atoms with van der Waals surface area (Å²) in [4.78, 5) is 35.8. The summed E-state index contributed by atoms with van der Waals surface area (Å²) in [6, 6.07) is -0.783. The maximum atomic E-state index is 11.1. The lowest BCUT2D eigenvalue weighted by Crippen LogP contribution is -2.24. The van der Waals surface area contributed by atoms with Crippen LogP contribution in [0.25, 0.3) is 0 Å². The van der Waals surface area contributed by atoms with E-state index < -0.39 is 18.0 Å². The second-order valence-corrected chi connectivity index (χ2v) is 3.63. The summed E-state index contributed by atoms with van der Waals surface area (Å²) in [5.74, 6) is -1.21. The van der Waals surface area contributed by atoms with E-state index in [-0.39, 0.29) is 24.4 Å². The molecular formula is C12H15NO5. The third kappa shape index (κ3) is 6.40. The van der Waals surface area contributed by atoms with Crippen LogP contribution in [0.3, 0.4) is 0 Å². The van der Waals surface area contributed by atoms with E-state index >= 15 is 0 Å². The molecular weight excluding hydrogens is 238 g/mol. The third-order valence-corrected chi connectivity index (χ3v) is 1.75. The molecule has 0 aliphatic rings. The van der Waals surface area contributed by atoms with Gasteiger partial charge in [0, 0.05) is 11.1 Å². The normalized spacial score (nSPS) is 9.28. The van der Waals surface area contributed by atoms with E-state index in [2.05, 4.69) is 18.2 Å². The van der Waals surface area contributed by atoms with Crippen LogP contribution in [0, 0.1) is 0 Å². The van der Waals surface area contributed by atoms with Gasteiger partial charge in [-0.15, -0.1) is 0 Å². The Kier molecular flexibility index (Phi) is 7.00. The average molecular weight is 253 g/mol. The quantitative estimate of drug-likeness (QED) is 0.292. The molecule has 0 aromatic heterocycles. The van der Waals surface area contributed by atoms with Crippen molar-refractivity contribution < 1.29 is 23.9 Å². The molecule has 0 spiro atoms. The molecule has 0 heterocycles. The van der Waals surface area contributed by atoms with Gasteiger partial charge < -0.3 is 9.47 Å². The second-order valence-electron chi connectivity index (χ2n) is 3.63. The number of hydrogen-bond donors (Lipinski definition) is 0. The summed E-state index contributed by atoms with van der Waals surface area (Å²) in [6.45, 7) is 9.39. The first-order valence-corrected chi connectivity index (χ1v) is 5.10. The van der Waals surface area contributed by atoms with E-state index in [1.54, 1.807) is 0 Å². The van der Waals surface area contributed by atoms with Crippen LogP contribution in [0.15, 0.2) is 29.3 Å². The van der Waals surface area contributed by atoms with Crippen LogP contribution >= 0.6 is 0 Å². The predicted octanol–water partition coefficient (Wildman–Crippen LogP) is 0.929. The Morgan fingerprint density at radius 2 is 1.50 bits per heavy atom. The van der Waals surface area contributed by atoms with Crippen molar-refractivity contribution in [2.75, 3.05) is 13.2 Å². The Morgan fingerprint density at radius 1 is 1.11 bits per heavy atom. The molecule has 0 radical (unpaired) electrons. The fourth-order valence-corrected chi connectivity index (χ4v) is 0.787. The fourth-order valence-electron chi connectivity index (χ4n) is 0.787. The zero-order valence-corrected chi connectivity index (χ0v) is 10.4. The number of nitrogens with zero attached hydrogens (tertiary/aromatic N) is 1. The van der Waals surface area contributed by atoms with Gasteiger partial charge in [-0.3, -0.25) is 0 Å². The van der Waals surface area contributed by atoms with Crippen LogP contribution in [0.1, 0.15) is 13.8 Å². The molecule has 0 aromatic rings. The van der Waals surface area contributed by atoms with Crippen LogP contribution in [-0.2, 0) is 23.9 Å². The molecule has 0 aliphatic heterocycles. The minimum absolute atomic E-state index is 0.190. The number of isocyanates is 1. The maximum absolute atomic E-state index is 11.1. The van der Waals surface area contributed by atoms with E-state index in [1.165, 1.54) is 19.9 Å². The van der Waals surface area contributed by atoms with Gasteiger partial charge >= 0.3 is 11.9 Å². The Morgan fingerprint density at radius 3 is 1.78 bits per heavy atom. The highest BCUT2D eigenvalue weighted by atomic mass is 16.5. The van der Waals surface area contributed by atoms with Gasteiger partial charge in [-0.25, -0.2) is 14.4 Å². The van der Waals surface area contributed by atoms with Crippen molar-refractivity contribution in [2.45, 2.75) is 19.9 Å². The van der Waals surface area contributed by atoms with E-state index in [9.17, 15) is 14.4 Å². The molecule has 6 nitrogen and oxygen atoms in total. The largest absolute Gasteiger partial charge is 0.460 e. The standard InChI is InChI=1S/C12H15NO5/c1-8(2)11(15)17-5-10(13-7-14)6-18-12(16)9(3)4/h10H,1,3,5-6H2,2,4H3. The SMILES string of the molecule is C=C(C)C(=O)OCC(COC(=O)C(=C)C)N=C=O. The second kappa shape index (κ2) is 7.97. The lowest BCUT2D eigenvalue weighted by atomic mass is 10.3. The molecule has 18 heavy (non-hydrogen) atoms. The molecule has 0 aliphatic carbocycles. The van der Waals surface area contributed by atoms with Crippen molar-refractivity contribution in [2.24, 2.45) is 4.99 Å². The van der Waals surface area contributed by atoms with Gasteiger partial charge in [0.25, 0.3) is 0 Å². The van der Waals surface area contributed by atoms with Gasteiger partial charge in [0.05, 0.1) is 0 Å². The number of hydrogen-bond acceptors (Lipinski definition) is 6. The average Bonchev–Trinajstić information content (AvgIpc) is 2.31. The van der Waals surface area contributed by atoms with Crippen molar-refractivity contribution in [1.82, 2.24) is 0 Å². The molecule has 0 rings (SSSR count). The van der Waals surface area contributed by atoms with Crippen LogP contribution < -0.4 is 0 Å². The number of rotatable bonds is 7. The van der Waals surface area contributed by atoms with Gasteiger partial charge in [0.15, 0.2) is 0 Å². The number of ether oxygens (including phenoxy) is 2. The van der Waals surface area contributed by atoms with Gasteiger partial charge in [-0.05, 0) is 13.8 Å². The molecule has 0 bridgehead atoms. The summed E-state index contributed by atoms with van der Waals surface area (Å²) in [5, 5.41) is 0. The molecule has 0 saturated carbocycles. The highest BCUT2D eigenvalue weighted by molar-refractivity contribution is 5.87. The predicted molar refractivity (Wildman–Crippen MR) is 63.5 cm³/mol. The first-order valence-electron chi connectivity index (χ1n) is 5.10. The van der Waals surface area contributed by atoms with Crippen LogP contribution in [0.5, 0.6) is 0 Å². The summed E-state index contributed by atoms with van der Waals surface area (Å²) in [6.07, 6.45) is 1.32. The highest BCUT2D eigenvalue weighted by Crippen LogP contribution is 2.00. The van der Waals surface area contributed by atoms with E-state index in [1.807, 2.05) is 0 Å². The fraction of sp³-hybridized carbons (Fsp3) is 0.417. The lowest BCUT2D eigenvalue weighted by molar-refractivity contribution is -0.142. The van der Waals surface area contributed by atoms with Crippen molar-refractivity contribution >= 4 is 18.0 Å². The Balaban J connectivity index is 4.28. The molecule has 0 unspecified atom stereocenters. The Hall–Kier alpha value is -2.20. The number of carbonyl (C=O) groups excluding carboxylic acids is 3. The van der Waals surface area contributed by atoms with Crippen molar-refractivity contribution in [3.8, 4) is 0 Å². The van der Waals surface area contributed by atoms with Crippen molar-refractivity contribution in [1.29, 1.82) is 0 Å². The lowest BCUT2D eigenvalue weighted by Gasteiger charge is -2.11. The summed E-state index contributed by atoms with van der Waals surface area (Å²) < 4.78 is 9.57. The summed E-state index contributed by atoms with van der Waals surface area (Å²) in [7, 11) is 0. The first kappa shape index (κ1) is 15.8. The Labute approximate surface area is 105 Å². The van der Waals surface area contributed by atoms with Crippen molar-refractivity contribution in [3.63, 3.8) is 0 Å². The molecule has 0 atom stereocenters. The monoisotopic (exact) mass is 253 g/mol. The van der Waals surface area contributed by atoms with Crippen LogP contribution in [0.4, 0.5) is 0 Å². The maximum Gasteiger partial charge on any atom is 0.333 e. The molecule has 0 amide bonds. The topological polar surface area (TPSA) is 82.0 Å². The summed E-state index contributed by atoms with van der Waals surface area (Å²) in [5.41, 5.74) is 0.450. The number of aliphatic imine (C=N–C) groups is 1. The molecule has 0 N–H and O–H groups in total. The van der Waals surface area contributed by atoms with Gasteiger partial charge in [0.1, 0.15) is 19.3 Å². The minimum atomic E-state index is -0.783. The van der Waals surface area contributed by atoms with Gasteiger partial charge in [0.2, 0.25) is 6.08 Å². The van der Waals surface area contributed by atoms with E-state index in [4.69, 9.17) is 9.47 Å². The minimum Gasteiger partial charge on any atom is -0.460 e. The van der Waals surface area contributed by atoms with E-state index in [0.717, 1.165) is 0 Å². The van der Waals surface area contributed by atoms with E-state index in [0.29, 0.717) is 0 Å². The van der Waals surface area contributed by atoms with Gasteiger partial charge in [-0.2, -0.15) is 4.99 Å². The molecule has 0 aromatic carbocycles. The molecule has 0 saturated heterocycles. The van der Waals surface area contributed by atoms with Crippen molar-refractivity contribution in [3.05, 3.63) is 24.3 Å². The summed E-state index contributed by atoms with van der Waals surface area (Å²) >= 11 is 0. The molecule has 0 fully saturated rings. The van der Waals surface area contributed by atoms with Gasteiger partial charge in [-0.1, -0.05) is 13.2 Å². The first-order chi connectivity index (χ1) is 8.38. The number of esters is 2. The number of carbonyl (C=O) groups is 2. The zero-order chi connectivity index (χ0) is 14.1. The third-order valence-electron chi connectivity index (χ3n) is 1.75. The van der Waals surface area contributed by atoms with Crippen LogP contribution in [0.2, 0.25) is 0 Å². The Bertz CT molecular complexity index is 377. The molecule has 6 heteroatoms.